The van der Waals surface area contributed by atoms with Crippen LogP contribution in [0.1, 0.15) is 0 Å². The summed E-state index contributed by atoms with van der Waals surface area (Å²) >= 11 is 11.5. The molecule has 0 unspecified atom stereocenters. The maximum absolute atomic E-state index is 11.4. The summed E-state index contributed by atoms with van der Waals surface area (Å²) in [6.45, 7) is 0. The van der Waals surface area contributed by atoms with Crippen LogP contribution >= 0.6 is 23.2 Å². The van der Waals surface area contributed by atoms with Crippen LogP contribution in [0.2, 0.25) is 10.0 Å². The Hall–Kier alpha value is -1.45. The normalized spacial score (nSPS) is 10.4. The van der Waals surface area contributed by atoms with E-state index in [-0.39, 0.29) is 10.0 Å². The Labute approximate surface area is 101 Å². The van der Waals surface area contributed by atoms with E-state index < -0.39 is 11.3 Å². The van der Waals surface area contributed by atoms with E-state index in [0.29, 0.717) is 11.3 Å². The molecule has 0 spiro atoms. The largest absolute Gasteiger partial charge is 0.505 e. The number of nitrogens with one attached hydrogen (secondary N) is 1. The van der Waals surface area contributed by atoms with Crippen molar-refractivity contribution >= 4 is 23.2 Å². The molecule has 0 fully saturated rings. The minimum atomic E-state index is -0.567. The molecule has 3 nitrogen and oxygen atoms in total. The predicted molar refractivity (Wildman–Crippen MR) is 64.2 cm³/mol. The molecule has 5 heteroatoms. The second-order valence-corrected chi connectivity index (χ2v) is 3.93. The van der Waals surface area contributed by atoms with E-state index in [1.807, 2.05) is 6.07 Å². The first-order chi connectivity index (χ1) is 7.61. The average molecular weight is 256 g/mol. The third-order valence-corrected chi connectivity index (χ3v) is 2.85. The van der Waals surface area contributed by atoms with Crippen molar-refractivity contribution in [3.63, 3.8) is 0 Å². The van der Waals surface area contributed by atoms with Crippen molar-refractivity contribution < 1.29 is 5.11 Å². The number of hydrogen-bond donors (Lipinski definition) is 2. The van der Waals surface area contributed by atoms with E-state index >= 15 is 0 Å². The predicted octanol–water partition coefficient (Wildman–Crippen LogP) is 3.05. The first kappa shape index (κ1) is 11.0. The minimum absolute atomic E-state index is 0.0378. The van der Waals surface area contributed by atoms with Crippen molar-refractivity contribution in [2.75, 3.05) is 0 Å². The minimum Gasteiger partial charge on any atom is -0.505 e. The molecule has 82 valence electrons. The smallest absolute Gasteiger partial charge is 0.271 e. The van der Waals surface area contributed by atoms with Crippen molar-refractivity contribution in [2.24, 2.45) is 0 Å². The van der Waals surface area contributed by atoms with Gasteiger partial charge in [-0.2, -0.15) is 0 Å². The SMILES string of the molecule is O=c1[nH]c(-c2ccccc2)c(Cl)c(O)c1Cl. The lowest BCUT2D eigenvalue weighted by atomic mass is 10.1. The highest BCUT2D eigenvalue weighted by Gasteiger charge is 2.14. The summed E-state index contributed by atoms with van der Waals surface area (Å²) in [6.07, 6.45) is 0. The molecule has 0 atom stereocenters. The van der Waals surface area contributed by atoms with Gasteiger partial charge in [0.25, 0.3) is 5.56 Å². The van der Waals surface area contributed by atoms with Gasteiger partial charge in [-0.3, -0.25) is 4.79 Å². The highest BCUT2D eigenvalue weighted by atomic mass is 35.5. The van der Waals surface area contributed by atoms with Crippen LogP contribution in [0.25, 0.3) is 11.3 Å². The Morgan fingerprint density at radius 2 is 1.69 bits per heavy atom. The molecule has 0 aliphatic rings. The summed E-state index contributed by atoms with van der Waals surface area (Å²) in [6, 6.07) is 8.98. The number of aromatic nitrogens is 1. The molecule has 2 aromatic rings. The highest BCUT2D eigenvalue weighted by molar-refractivity contribution is 6.38. The van der Waals surface area contributed by atoms with Crippen LogP contribution < -0.4 is 5.56 Å². The molecule has 16 heavy (non-hydrogen) atoms. The topological polar surface area (TPSA) is 53.1 Å². The van der Waals surface area contributed by atoms with Gasteiger partial charge in [-0.15, -0.1) is 0 Å². The summed E-state index contributed by atoms with van der Waals surface area (Å²) < 4.78 is 0. The zero-order valence-corrected chi connectivity index (χ0v) is 9.51. The molecule has 2 rings (SSSR count). The lowest BCUT2D eigenvalue weighted by Crippen LogP contribution is -2.08. The third-order valence-electron chi connectivity index (χ3n) is 2.14. The molecule has 0 radical (unpaired) electrons. The third kappa shape index (κ3) is 1.79. The number of aromatic hydroxyl groups is 1. The van der Waals surface area contributed by atoms with Crippen LogP contribution in [0, 0.1) is 0 Å². The number of halogens is 2. The number of aromatic amines is 1. The quantitative estimate of drug-likeness (QED) is 0.823. The molecular weight excluding hydrogens is 249 g/mol. The number of hydrogen-bond acceptors (Lipinski definition) is 2. The van der Waals surface area contributed by atoms with Crippen molar-refractivity contribution in [3.05, 3.63) is 50.7 Å². The van der Waals surface area contributed by atoms with Gasteiger partial charge < -0.3 is 10.1 Å². The molecule has 1 aromatic heterocycles. The van der Waals surface area contributed by atoms with E-state index in [4.69, 9.17) is 23.2 Å². The fourth-order valence-corrected chi connectivity index (χ4v) is 1.79. The molecule has 0 bridgehead atoms. The second kappa shape index (κ2) is 4.20. The fourth-order valence-electron chi connectivity index (χ4n) is 1.35. The summed E-state index contributed by atoms with van der Waals surface area (Å²) in [5, 5.41) is 9.28. The molecule has 1 heterocycles. The Bertz CT molecular complexity index is 579. The van der Waals surface area contributed by atoms with Gasteiger partial charge in [0.1, 0.15) is 10.0 Å². The summed E-state index contributed by atoms with van der Waals surface area (Å²) in [5.41, 5.74) is 0.494. The number of pyridine rings is 1. The zero-order chi connectivity index (χ0) is 11.7. The van der Waals surface area contributed by atoms with Crippen LogP contribution in [0.3, 0.4) is 0 Å². The molecule has 0 aliphatic heterocycles. The molecule has 0 saturated heterocycles. The standard InChI is InChI=1S/C11H7Cl2NO2/c12-7-9(6-4-2-1-3-5-6)14-11(16)8(13)10(7)15/h1-5H,(H2,14,15,16). The molecule has 0 saturated carbocycles. The molecule has 0 aliphatic carbocycles. The molecule has 2 N–H and O–H groups in total. The Kier molecular flexibility index (Phi) is 2.90. The van der Waals surface area contributed by atoms with E-state index in [1.54, 1.807) is 24.3 Å². The van der Waals surface area contributed by atoms with Gasteiger partial charge in [-0.25, -0.2) is 0 Å². The highest BCUT2D eigenvalue weighted by Crippen LogP contribution is 2.35. The molecular formula is C11H7Cl2NO2. The van der Waals surface area contributed by atoms with Gasteiger partial charge in [0.05, 0.1) is 5.69 Å². The Balaban J connectivity index is 2.73. The van der Waals surface area contributed by atoms with E-state index in [9.17, 15) is 9.90 Å². The zero-order valence-electron chi connectivity index (χ0n) is 8.00. The van der Waals surface area contributed by atoms with Crippen LogP contribution in [0.15, 0.2) is 35.1 Å². The summed E-state index contributed by atoms with van der Waals surface area (Å²) in [4.78, 5) is 13.9. The lowest BCUT2D eigenvalue weighted by molar-refractivity contribution is 0.474. The summed E-state index contributed by atoms with van der Waals surface area (Å²) in [7, 11) is 0. The van der Waals surface area contributed by atoms with Crippen molar-refractivity contribution in [2.45, 2.75) is 0 Å². The van der Waals surface area contributed by atoms with Gasteiger partial charge in [-0.05, 0) is 5.56 Å². The van der Waals surface area contributed by atoms with Gasteiger partial charge in [0.15, 0.2) is 5.75 Å². The van der Waals surface area contributed by atoms with Crippen LogP contribution in [0.4, 0.5) is 0 Å². The molecule has 0 amide bonds. The Morgan fingerprint density at radius 1 is 1.06 bits per heavy atom. The van der Waals surface area contributed by atoms with Crippen LogP contribution in [0.5, 0.6) is 5.75 Å². The fraction of sp³-hybridized carbons (Fsp3) is 0. The first-order valence-corrected chi connectivity index (χ1v) is 5.22. The monoisotopic (exact) mass is 255 g/mol. The number of benzene rings is 1. The second-order valence-electron chi connectivity index (χ2n) is 3.17. The number of H-pyrrole nitrogens is 1. The van der Waals surface area contributed by atoms with E-state index in [0.717, 1.165) is 0 Å². The maximum Gasteiger partial charge on any atom is 0.271 e. The average Bonchev–Trinajstić information content (AvgIpc) is 2.32. The summed E-state index contributed by atoms with van der Waals surface area (Å²) in [5.74, 6) is -0.397. The van der Waals surface area contributed by atoms with Crippen LogP contribution in [-0.4, -0.2) is 10.1 Å². The van der Waals surface area contributed by atoms with Gasteiger partial charge in [-0.1, -0.05) is 53.5 Å². The number of rotatable bonds is 1. The lowest BCUT2D eigenvalue weighted by Gasteiger charge is -2.06. The maximum atomic E-state index is 11.4. The van der Waals surface area contributed by atoms with Crippen LogP contribution in [-0.2, 0) is 0 Å². The molecule has 1 aromatic carbocycles. The van der Waals surface area contributed by atoms with Gasteiger partial charge >= 0.3 is 0 Å². The van der Waals surface area contributed by atoms with Crippen molar-refractivity contribution in [1.29, 1.82) is 0 Å². The van der Waals surface area contributed by atoms with Crippen molar-refractivity contribution in [1.82, 2.24) is 4.98 Å². The van der Waals surface area contributed by atoms with Gasteiger partial charge in [0, 0.05) is 0 Å². The first-order valence-electron chi connectivity index (χ1n) is 4.47. The van der Waals surface area contributed by atoms with E-state index in [2.05, 4.69) is 4.98 Å². The van der Waals surface area contributed by atoms with Gasteiger partial charge in [0.2, 0.25) is 0 Å². The van der Waals surface area contributed by atoms with Crippen molar-refractivity contribution in [3.8, 4) is 17.0 Å². The van der Waals surface area contributed by atoms with E-state index in [1.165, 1.54) is 0 Å². The Morgan fingerprint density at radius 3 is 2.31 bits per heavy atom.